The Morgan fingerprint density at radius 2 is 1.55 bits per heavy atom. The number of aryl methyl sites for hydroxylation is 3. The number of para-hydroxylation sites is 1. The largest absolute Gasteiger partial charge is 2.00 e. The van der Waals surface area contributed by atoms with E-state index in [2.05, 4.69) is 117 Å². The topological polar surface area (TPSA) is 44.9 Å². The van der Waals surface area contributed by atoms with Crippen LogP contribution in [0.4, 0.5) is 0 Å². The van der Waals surface area contributed by atoms with Crippen LogP contribution in [0.1, 0.15) is 36.4 Å². The first-order valence-electron chi connectivity index (χ1n) is 14.8. The van der Waals surface area contributed by atoms with Crippen molar-refractivity contribution in [2.24, 2.45) is 0 Å². The molecule has 5 nitrogen and oxygen atoms in total. The molecule has 0 aliphatic rings. The Hall–Kier alpha value is -4.50. The molecule has 0 unspecified atom stereocenters. The fraction of sp³-hybridized carbons (Fsp3) is 0.158. The van der Waals surface area contributed by atoms with E-state index in [0.717, 1.165) is 63.0 Å². The van der Waals surface area contributed by atoms with Crippen molar-refractivity contribution in [3.8, 4) is 34.1 Å². The van der Waals surface area contributed by atoms with Crippen LogP contribution in [-0.4, -0.2) is 19.3 Å². The second kappa shape index (κ2) is 12.2. The van der Waals surface area contributed by atoms with Gasteiger partial charge < -0.3 is 9.30 Å². The number of fused-ring (bicyclic) bond motifs is 3. The van der Waals surface area contributed by atoms with Gasteiger partial charge in [0, 0.05) is 34.5 Å². The van der Waals surface area contributed by atoms with Gasteiger partial charge in [0.05, 0.1) is 5.69 Å². The third kappa shape index (κ3) is 5.26. The smallest absolute Gasteiger partial charge is 0.509 e. The van der Waals surface area contributed by atoms with E-state index in [-0.39, 0.29) is 20.4 Å². The van der Waals surface area contributed by atoms with Crippen LogP contribution in [0.2, 0.25) is 0 Å². The zero-order valence-corrected chi connectivity index (χ0v) is 26.7. The van der Waals surface area contributed by atoms with Gasteiger partial charge in [0.25, 0.3) is 0 Å². The van der Waals surface area contributed by atoms with Gasteiger partial charge in [-0.15, -0.1) is 35.7 Å². The molecule has 7 aromatic rings. The van der Waals surface area contributed by atoms with E-state index < -0.39 is 0 Å². The van der Waals surface area contributed by atoms with E-state index in [4.69, 9.17) is 14.8 Å². The van der Waals surface area contributed by atoms with E-state index >= 15 is 0 Å². The molecule has 3 heterocycles. The average molecular weight is 667 g/mol. The zero-order valence-electron chi connectivity index (χ0n) is 25.2. The van der Waals surface area contributed by atoms with Crippen LogP contribution in [0, 0.1) is 26.0 Å². The van der Waals surface area contributed by atoms with Crippen LogP contribution in [0.25, 0.3) is 44.4 Å². The summed E-state index contributed by atoms with van der Waals surface area (Å²) in [5.41, 5.74) is 9.73. The summed E-state index contributed by atoms with van der Waals surface area (Å²) in [6, 6.07) is 38.3. The number of benzene rings is 4. The van der Waals surface area contributed by atoms with E-state index in [0.29, 0.717) is 11.5 Å². The van der Waals surface area contributed by atoms with Crippen molar-refractivity contribution >= 4 is 21.8 Å². The molecule has 4 aromatic carbocycles. The predicted molar refractivity (Wildman–Crippen MR) is 174 cm³/mol. The Kier molecular flexibility index (Phi) is 8.23. The van der Waals surface area contributed by atoms with Gasteiger partial charge >= 0.3 is 20.4 Å². The van der Waals surface area contributed by atoms with E-state index in [1.165, 1.54) is 16.8 Å². The summed E-state index contributed by atoms with van der Waals surface area (Å²) in [6.07, 6.45) is 3.54. The van der Waals surface area contributed by atoms with E-state index in [1.54, 1.807) is 0 Å². The number of rotatable bonds is 7. The Morgan fingerprint density at radius 1 is 0.750 bits per heavy atom. The minimum absolute atomic E-state index is 0. The van der Waals surface area contributed by atoms with Crippen molar-refractivity contribution in [1.29, 1.82) is 0 Å². The Labute approximate surface area is 271 Å². The molecule has 0 N–H and O–H groups in total. The summed E-state index contributed by atoms with van der Waals surface area (Å²) in [4.78, 5) is 4.69. The van der Waals surface area contributed by atoms with Crippen LogP contribution in [0.5, 0.6) is 11.5 Å². The number of ether oxygens (including phenoxy) is 1. The second-order valence-corrected chi connectivity index (χ2v) is 10.9. The number of pyridine rings is 1. The monoisotopic (exact) mass is 666 g/mol. The third-order valence-electron chi connectivity index (χ3n) is 7.90. The predicted octanol–water partition coefficient (Wildman–Crippen LogP) is 9.16. The van der Waals surface area contributed by atoms with Gasteiger partial charge in [-0.05, 0) is 60.2 Å². The van der Waals surface area contributed by atoms with Crippen LogP contribution < -0.4 is 4.74 Å². The van der Waals surface area contributed by atoms with Crippen LogP contribution in [0.3, 0.4) is 0 Å². The summed E-state index contributed by atoms with van der Waals surface area (Å²) >= 11 is 0. The van der Waals surface area contributed by atoms with Crippen LogP contribution >= 0.6 is 0 Å². The van der Waals surface area contributed by atoms with E-state index in [1.807, 2.05) is 29.1 Å². The molecule has 0 spiro atoms. The van der Waals surface area contributed by atoms with Crippen molar-refractivity contribution in [3.63, 3.8) is 0 Å². The normalized spacial score (nSPS) is 11.2. The van der Waals surface area contributed by atoms with Gasteiger partial charge in [-0.25, -0.2) is 4.98 Å². The quantitative estimate of drug-likeness (QED) is 0.126. The maximum absolute atomic E-state index is 6.48. The number of nitrogens with zero attached hydrogens (tertiary/aromatic N) is 4. The van der Waals surface area contributed by atoms with Crippen molar-refractivity contribution in [3.05, 3.63) is 132 Å². The Balaban J connectivity index is 0.00000343. The number of aromatic nitrogens is 4. The molecule has 0 radical (unpaired) electrons. The molecule has 7 rings (SSSR count). The fourth-order valence-electron chi connectivity index (χ4n) is 5.98. The van der Waals surface area contributed by atoms with Crippen molar-refractivity contribution in [2.75, 3.05) is 0 Å². The summed E-state index contributed by atoms with van der Waals surface area (Å²) in [7, 11) is 0. The maximum atomic E-state index is 6.48. The maximum Gasteiger partial charge on any atom is 2.00 e. The number of hydrogen-bond donors (Lipinski definition) is 0. The summed E-state index contributed by atoms with van der Waals surface area (Å²) in [6.45, 7) is 8.49. The SMILES string of the molecule is CCc1nn(-c2[c-]c(Oc3[c-]c4c(cc3)c3ccccc3n4-c3cc(C)ccn3)cc(C)c2)c(CC)c1-c1ccccc1.[Pd+2]. The second-order valence-electron chi connectivity index (χ2n) is 10.9. The van der Waals surface area contributed by atoms with Crippen molar-refractivity contribution < 1.29 is 25.2 Å². The minimum Gasteiger partial charge on any atom is -0.509 e. The molecule has 0 amide bonds. The van der Waals surface area contributed by atoms with Gasteiger partial charge in [0.2, 0.25) is 0 Å². The average Bonchev–Trinajstić information content (AvgIpc) is 3.57. The first-order chi connectivity index (χ1) is 21.0. The van der Waals surface area contributed by atoms with Gasteiger partial charge in [0.1, 0.15) is 5.82 Å². The molecule has 0 aliphatic heterocycles. The Morgan fingerprint density at radius 3 is 2.32 bits per heavy atom. The van der Waals surface area contributed by atoms with E-state index in [9.17, 15) is 0 Å². The molecule has 44 heavy (non-hydrogen) atoms. The summed E-state index contributed by atoms with van der Waals surface area (Å²) in [5.74, 6) is 2.10. The molecule has 0 atom stereocenters. The van der Waals surface area contributed by atoms with Gasteiger partial charge in [-0.2, -0.15) is 16.7 Å². The molecule has 220 valence electrons. The summed E-state index contributed by atoms with van der Waals surface area (Å²) in [5, 5.41) is 7.32. The van der Waals surface area contributed by atoms with Crippen molar-refractivity contribution in [2.45, 2.75) is 40.5 Å². The molecule has 3 aromatic heterocycles. The first-order valence-corrected chi connectivity index (χ1v) is 14.8. The summed E-state index contributed by atoms with van der Waals surface area (Å²) < 4.78 is 10.7. The molecule has 0 fully saturated rings. The first kappa shape index (κ1) is 29.6. The fourth-order valence-corrected chi connectivity index (χ4v) is 5.98. The van der Waals surface area contributed by atoms with Gasteiger partial charge in [0.15, 0.2) is 0 Å². The molecule has 6 heteroatoms. The standard InChI is InChI=1S/C38H32N4O.Pd/c1-5-33-38(27-12-8-7-9-13-27)34(6-2)42(40-33)28-20-26(4)21-30(23-28)43-29-16-17-32-31-14-10-11-15-35(31)41(36(32)24-29)37-22-25(3)18-19-39-37;/h7-22H,5-6H2,1-4H3;/q-2;+2. The minimum atomic E-state index is 0. The third-order valence-corrected chi connectivity index (χ3v) is 7.90. The molecule has 0 aliphatic carbocycles. The van der Waals surface area contributed by atoms with Crippen molar-refractivity contribution in [1.82, 2.24) is 19.3 Å². The molecular formula is C38H32N4OPd. The molecule has 0 saturated carbocycles. The van der Waals surface area contributed by atoms with Gasteiger partial charge in [-0.1, -0.05) is 74.8 Å². The Bertz CT molecular complexity index is 2110. The zero-order chi connectivity index (χ0) is 29.5. The van der Waals surface area contributed by atoms with Crippen LogP contribution in [0.15, 0.2) is 97.2 Å². The molecule has 0 bridgehead atoms. The van der Waals surface area contributed by atoms with Gasteiger partial charge in [-0.3, -0.25) is 4.68 Å². The number of hydrogen-bond acceptors (Lipinski definition) is 3. The van der Waals surface area contributed by atoms with Crippen LogP contribution in [-0.2, 0) is 33.3 Å². The molecular weight excluding hydrogens is 635 g/mol. The molecule has 0 saturated heterocycles.